The molecule has 4 rings (SSSR count). The van der Waals surface area contributed by atoms with Crippen molar-refractivity contribution in [3.63, 3.8) is 0 Å². The highest BCUT2D eigenvalue weighted by atomic mass is 16.4. The second-order valence-corrected chi connectivity index (χ2v) is 6.58. The predicted molar refractivity (Wildman–Crippen MR) is 87.8 cm³/mol. The van der Waals surface area contributed by atoms with E-state index in [0.717, 1.165) is 5.56 Å². The van der Waals surface area contributed by atoms with Crippen LogP contribution in [0, 0.1) is 5.92 Å². The van der Waals surface area contributed by atoms with Gasteiger partial charge in [-0.15, -0.1) is 0 Å². The summed E-state index contributed by atoms with van der Waals surface area (Å²) in [5.41, 5.74) is 1.49. The Morgan fingerprint density at radius 3 is 2.80 bits per heavy atom. The minimum absolute atomic E-state index is 0.0352. The Morgan fingerprint density at radius 2 is 2.16 bits per heavy atom. The van der Waals surface area contributed by atoms with Crippen molar-refractivity contribution in [2.45, 2.75) is 25.4 Å². The summed E-state index contributed by atoms with van der Waals surface area (Å²) in [6.07, 6.45) is 7.42. The standard InChI is InChI=1S/C18H17N3O4/c1-10(22)20-9-13-7-12(5-4-11-3-2-6-19-8-11)15(18(24)25)21-14(13)16(20)17(21)23/h2-6,8,13-14,16H,7,9H2,1H3,(H,24,25)/b5-4+/t13-,14-,16+/m1/s1. The summed E-state index contributed by atoms with van der Waals surface area (Å²) in [4.78, 5) is 43.0. The van der Waals surface area contributed by atoms with E-state index in [1.165, 1.54) is 11.8 Å². The fourth-order valence-electron chi connectivity index (χ4n) is 4.12. The lowest BCUT2D eigenvalue weighted by Crippen LogP contribution is -2.69. The first-order chi connectivity index (χ1) is 12.0. The highest BCUT2D eigenvalue weighted by Crippen LogP contribution is 2.47. The SMILES string of the molecule is CC(=O)N1C[C@H]2CC(/C=C/c3cccnc3)=C(C(=O)O)N3C(=O)[C@@H]1[C@@H]23. The molecule has 3 aliphatic rings. The van der Waals surface area contributed by atoms with Crippen LogP contribution in [-0.2, 0) is 14.4 Å². The molecule has 3 aliphatic heterocycles. The molecule has 7 heteroatoms. The number of aromatic nitrogens is 1. The van der Waals surface area contributed by atoms with E-state index in [-0.39, 0.29) is 29.5 Å². The molecule has 0 spiro atoms. The Bertz CT molecular complexity index is 830. The van der Waals surface area contributed by atoms with E-state index in [2.05, 4.69) is 4.98 Å². The van der Waals surface area contributed by atoms with Crippen LogP contribution in [0.5, 0.6) is 0 Å². The number of carboxylic acids is 1. The number of hydrogen-bond acceptors (Lipinski definition) is 4. The Morgan fingerprint density at radius 1 is 1.36 bits per heavy atom. The largest absolute Gasteiger partial charge is 0.477 e. The molecule has 0 saturated carbocycles. The van der Waals surface area contributed by atoms with Gasteiger partial charge in [0.15, 0.2) is 0 Å². The molecular weight excluding hydrogens is 322 g/mol. The maximum atomic E-state index is 12.5. The molecule has 4 heterocycles. The Labute approximate surface area is 144 Å². The van der Waals surface area contributed by atoms with Gasteiger partial charge >= 0.3 is 5.97 Å². The van der Waals surface area contributed by atoms with Crippen molar-refractivity contribution in [3.8, 4) is 0 Å². The van der Waals surface area contributed by atoms with Gasteiger partial charge in [-0.2, -0.15) is 0 Å². The first kappa shape index (κ1) is 15.6. The zero-order valence-corrected chi connectivity index (χ0v) is 13.6. The van der Waals surface area contributed by atoms with E-state index in [4.69, 9.17) is 0 Å². The Kier molecular flexibility index (Phi) is 3.45. The summed E-state index contributed by atoms with van der Waals surface area (Å²) >= 11 is 0. The summed E-state index contributed by atoms with van der Waals surface area (Å²) in [6.45, 7) is 1.94. The summed E-state index contributed by atoms with van der Waals surface area (Å²) in [6, 6.07) is 2.96. The van der Waals surface area contributed by atoms with Gasteiger partial charge in [0.2, 0.25) is 5.91 Å². The van der Waals surface area contributed by atoms with Crippen molar-refractivity contribution in [1.29, 1.82) is 0 Å². The second kappa shape index (κ2) is 5.54. The van der Waals surface area contributed by atoms with Crippen molar-refractivity contribution in [1.82, 2.24) is 14.8 Å². The molecule has 7 nitrogen and oxygen atoms in total. The van der Waals surface area contributed by atoms with Crippen LogP contribution in [0.25, 0.3) is 6.08 Å². The van der Waals surface area contributed by atoms with Crippen LogP contribution in [0.3, 0.4) is 0 Å². The monoisotopic (exact) mass is 339 g/mol. The van der Waals surface area contributed by atoms with Crippen molar-refractivity contribution < 1.29 is 19.5 Å². The molecule has 0 unspecified atom stereocenters. The number of rotatable bonds is 3. The van der Waals surface area contributed by atoms with Crippen LogP contribution in [0.2, 0.25) is 0 Å². The van der Waals surface area contributed by atoms with Gasteiger partial charge in [-0.05, 0) is 23.6 Å². The minimum Gasteiger partial charge on any atom is -0.477 e. The average Bonchev–Trinajstić information content (AvgIpc) is 2.96. The lowest BCUT2D eigenvalue weighted by Gasteiger charge is -2.49. The summed E-state index contributed by atoms with van der Waals surface area (Å²) in [5, 5.41) is 9.64. The van der Waals surface area contributed by atoms with Crippen LogP contribution in [0.1, 0.15) is 18.9 Å². The van der Waals surface area contributed by atoms with Gasteiger partial charge in [0.05, 0.1) is 6.04 Å². The number of pyridine rings is 1. The lowest BCUT2D eigenvalue weighted by atomic mass is 9.79. The highest BCUT2D eigenvalue weighted by Gasteiger charge is 2.63. The van der Waals surface area contributed by atoms with E-state index >= 15 is 0 Å². The molecule has 2 saturated heterocycles. The van der Waals surface area contributed by atoms with Crippen molar-refractivity contribution in [2.24, 2.45) is 5.92 Å². The van der Waals surface area contributed by atoms with Gasteiger partial charge in [0.25, 0.3) is 5.91 Å². The van der Waals surface area contributed by atoms with Crippen molar-refractivity contribution in [3.05, 3.63) is 47.4 Å². The maximum Gasteiger partial charge on any atom is 0.352 e. The number of carbonyl (C=O) groups is 3. The topological polar surface area (TPSA) is 90.8 Å². The van der Waals surface area contributed by atoms with E-state index < -0.39 is 12.0 Å². The molecule has 0 radical (unpaired) electrons. The van der Waals surface area contributed by atoms with Gasteiger partial charge in [0, 0.05) is 31.8 Å². The molecular formula is C18H17N3O4. The van der Waals surface area contributed by atoms with Crippen LogP contribution in [-0.4, -0.2) is 56.3 Å². The first-order valence-corrected chi connectivity index (χ1v) is 8.14. The molecule has 3 atom stereocenters. The molecule has 1 aromatic heterocycles. The number of carbonyl (C=O) groups excluding carboxylic acids is 2. The Hall–Kier alpha value is -2.96. The smallest absolute Gasteiger partial charge is 0.352 e. The zero-order chi connectivity index (χ0) is 17.7. The second-order valence-electron chi connectivity index (χ2n) is 6.58. The van der Waals surface area contributed by atoms with E-state index in [1.54, 1.807) is 35.5 Å². The molecule has 1 N–H and O–H groups in total. The summed E-state index contributed by atoms with van der Waals surface area (Å²) in [7, 11) is 0. The number of β-lactam (4-membered cyclic amide) rings is 1. The van der Waals surface area contributed by atoms with Crippen LogP contribution < -0.4 is 0 Å². The van der Waals surface area contributed by atoms with Crippen molar-refractivity contribution in [2.75, 3.05) is 6.54 Å². The molecule has 2 fully saturated rings. The number of aliphatic carboxylic acids is 1. The minimum atomic E-state index is -1.11. The first-order valence-electron chi connectivity index (χ1n) is 8.14. The molecule has 0 bridgehead atoms. The molecule has 1 aromatic rings. The van der Waals surface area contributed by atoms with Gasteiger partial charge < -0.3 is 10.0 Å². The number of nitrogens with zero attached hydrogens (tertiary/aromatic N) is 3. The summed E-state index contributed by atoms with van der Waals surface area (Å²) in [5.74, 6) is -1.48. The van der Waals surface area contributed by atoms with E-state index in [9.17, 15) is 19.5 Å². The third-order valence-electron chi connectivity index (χ3n) is 5.16. The predicted octanol–water partition coefficient (Wildman–Crippen LogP) is 0.895. The number of likely N-dealkylation sites (tertiary alicyclic amines) is 1. The van der Waals surface area contributed by atoms with Crippen LogP contribution in [0.4, 0.5) is 0 Å². The van der Waals surface area contributed by atoms with E-state index in [1.807, 2.05) is 6.07 Å². The number of allylic oxidation sites excluding steroid dienone is 2. The maximum absolute atomic E-state index is 12.5. The van der Waals surface area contributed by atoms with Crippen molar-refractivity contribution >= 4 is 23.9 Å². The number of amides is 2. The zero-order valence-electron chi connectivity index (χ0n) is 13.6. The average molecular weight is 339 g/mol. The fraction of sp³-hybridized carbons (Fsp3) is 0.333. The quantitative estimate of drug-likeness (QED) is 0.826. The number of carboxylic acid groups (broad SMARTS) is 1. The summed E-state index contributed by atoms with van der Waals surface area (Å²) < 4.78 is 0. The van der Waals surface area contributed by atoms with Gasteiger partial charge in [-0.3, -0.25) is 19.5 Å². The molecule has 25 heavy (non-hydrogen) atoms. The third-order valence-corrected chi connectivity index (χ3v) is 5.16. The molecule has 0 aliphatic carbocycles. The molecule has 128 valence electrons. The number of hydrogen-bond donors (Lipinski definition) is 1. The fourth-order valence-corrected chi connectivity index (χ4v) is 4.12. The van der Waals surface area contributed by atoms with E-state index in [0.29, 0.717) is 18.5 Å². The van der Waals surface area contributed by atoms with Gasteiger partial charge in [-0.1, -0.05) is 18.2 Å². The Balaban J connectivity index is 1.70. The van der Waals surface area contributed by atoms with Crippen LogP contribution in [0.15, 0.2) is 41.9 Å². The third kappa shape index (κ3) is 2.26. The van der Waals surface area contributed by atoms with Gasteiger partial charge in [0.1, 0.15) is 11.7 Å². The lowest BCUT2D eigenvalue weighted by molar-refractivity contribution is -0.159. The normalized spacial score (nSPS) is 27.6. The molecule has 0 aromatic carbocycles. The van der Waals surface area contributed by atoms with Gasteiger partial charge in [-0.25, -0.2) is 4.79 Å². The molecule has 2 amide bonds. The highest BCUT2D eigenvalue weighted by molar-refractivity contribution is 6.02. The van der Waals surface area contributed by atoms with Crippen LogP contribution >= 0.6 is 0 Å².